The van der Waals surface area contributed by atoms with Crippen molar-refractivity contribution in [3.8, 4) is 22.9 Å². The van der Waals surface area contributed by atoms with E-state index >= 15 is 0 Å². The maximum absolute atomic E-state index is 5.87. The molecule has 0 radical (unpaired) electrons. The molecule has 33 heavy (non-hydrogen) atoms. The molecule has 0 aliphatic rings. The van der Waals surface area contributed by atoms with Crippen molar-refractivity contribution < 1.29 is 14.0 Å². The maximum atomic E-state index is 5.87. The SMILES string of the molecule is CCCCCCCCOc1ccc(-c2cnc(OCC[n+]3ccc(N(C)C)cc3)nc2)cc1. The summed E-state index contributed by atoms with van der Waals surface area (Å²) < 4.78 is 13.7. The summed E-state index contributed by atoms with van der Waals surface area (Å²) in [5.74, 6) is 0.907. The quantitative estimate of drug-likeness (QED) is 0.246. The first-order chi connectivity index (χ1) is 16.2. The van der Waals surface area contributed by atoms with Crippen LogP contribution in [0.2, 0.25) is 0 Å². The molecular weight excluding hydrogens is 412 g/mol. The lowest BCUT2D eigenvalue weighted by molar-refractivity contribution is -0.697. The Morgan fingerprint density at radius 2 is 1.42 bits per heavy atom. The Kier molecular flexibility index (Phi) is 9.95. The van der Waals surface area contributed by atoms with Gasteiger partial charge in [0.1, 0.15) is 5.75 Å². The molecule has 0 aliphatic carbocycles. The molecule has 0 saturated heterocycles. The van der Waals surface area contributed by atoms with Gasteiger partial charge in [0.25, 0.3) is 0 Å². The Balaban J connectivity index is 1.40. The van der Waals surface area contributed by atoms with Crippen LogP contribution in [0.3, 0.4) is 0 Å². The van der Waals surface area contributed by atoms with Crippen LogP contribution in [0.5, 0.6) is 11.8 Å². The van der Waals surface area contributed by atoms with E-state index in [0.717, 1.165) is 36.4 Å². The van der Waals surface area contributed by atoms with Crippen LogP contribution in [0, 0.1) is 0 Å². The number of rotatable bonds is 14. The van der Waals surface area contributed by atoms with Crippen LogP contribution in [0.25, 0.3) is 11.1 Å². The van der Waals surface area contributed by atoms with Gasteiger partial charge < -0.3 is 14.4 Å². The van der Waals surface area contributed by atoms with Crippen molar-refractivity contribution in [3.63, 3.8) is 0 Å². The molecule has 0 amide bonds. The topological polar surface area (TPSA) is 51.4 Å². The second-order valence-electron chi connectivity index (χ2n) is 8.43. The summed E-state index contributed by atoms with van der Waals surface area (Å²) in [5, 5.41) is 0. The monoisotopic (exact) mass is 449 g/mol. The van der Waals surface area contributed by atoms with Gasteiger partial charge in [-0.15, -0.1) is 0 Å². The second kappa shape index (κ2) is 13.4. The molecule has 6 nitrogen and oxygen atoms in total. The molecule has 0 atom stereocenters. The number of ether oxygens (including phenoxy) is 2. The molecule has 0 N–H and O–H groups in total. The van der Waals surface area contributed by atoms with Crippen molar-refractivity contribution in [2.45, 2.75) is 52.0 Å². The molecule has 3 aromatic rings. The summed E-state index contributed by atoms with van der Waals surface area (Å²) in [5.41, 5.74) is 3.19. The summed E-state index contributed by atoms with van der Waals surface area (Å²) >= 11 is 0. The van der Waals surface area contributed by atoms with E-state index in [2.05, 4.69) is 38.5 Å². The van der Waals surface area contributed by atoms with E-state index in [9.17, 15) is 0 Å². The zero-order chi connectivity index (χ0) is 23.3. The molecule has 0 saturated carbocycles. The zero-order valence-electron chi connectivity index (χ0n) is 20.2. The van der Waals surface area contributed by atoms with Crippen molar-refractivity contribution in [2.24, 2.45) is 0 Å². The molecule has 176 valence electrons. The van der Waals surface area contributed by atoms with Crippen LogP contribution in [0.15, 0.2) is 61.2 Å². The highest BCUT2D eigenvalue weighted by atomic mass is 16.5. The molecule has 0 unspecified atom stereocenters. The molecule has 3 rings (SSSR count). The van der Waals surface area contributed by atoms with Crippen molar-refractivity contribution in [1.29, 1.82) is 0 Å². The van der Waals surface area contributed by atoms with Gasteiger partial charge in [0.15, 0.2) is 25.5 Å². The highest BCUT2D eigenvalue weighted by Crippen LogP contribution is 2.22. The minimum atomic E-state index is 0.392. The standard InChI is InChI=1S/C27H37N4O2/c1-4-5-6-7-8-9-19-32-26-12-10-23(11-13-26)24-21-28-27(29-22-24)33-20-18-31-16-14-25(15-17-31)30(2)3/h10-17,21-22H,4-9,18-20H2,1-3H3/q+1. The van der Waals surface area contributed by atoms with Crippen LogP contribution in [0.1, 0.15) is 45.4 Å². The normalized spacial score (nSPS) is 10.8. The lowest BCUT2D eigenvalue weighted by Gasteiger charge is -2.10. The first-order valence-electron chi connectivity index (χ1n) is 12.0. The summed E-state index contributed by atoms with van der Waals surface area (Å²) in [6, 6.07) is 12.7. The van der Waals surface area contributed by atoms with E-state index in [-0.39, 0.29) is 0 Å². The fourth-order valence-corrected chi connectivity index (χ4v) is 3.49. The van der Waals surface area contributed by atoms with E-state index in [4.69, 9.17) is 9.47 Å². The van der Waals surface area contributed by atoms with Crippen molar-refractivity contribution in [3.05, 3.63) is 61.2 Å². The van der Waals surface area contributed by atoms with Gasteiger partial charge in [-0.25, -0.2) is 14.5 Å². The third-order valence-corrected chi connectivity index (χ3v) is 5.55. The molecule has 0 fully saturated rings. The number of anilines is 1. The number of pyridine rings is 1. The van der Waals surface area contributed by atoms with E-state index < -0.39 is 0 Å². The van der Waals surface area contributed by atoms with E-state index in [1.807, 2.05) is 50.8 Å². The van der Waals surface area contributed by atoms with Gasteiger partial charge in [-0.1, -0.05) is 51.2 Å². The Morgan fingerprint density at radius 1 is 0.758 bits per heavy atom. The van der Waals surface area contributed by atoms with Crippen LogP contribution in [-0.2, 0) is 6.54 Å². The van der Waals surface area contributed by atoms with E-state index in [1.165, 1.54) is 37.8 Å². The molecule has 2 heterocycles. The third kappa shape index (κ3) is 8.37. The number of hydrogen-bond acceptors (Lipinski definition) is 5. The predicted molar refractivity (Wildman–Crippen MR) is 133 cm³/mol. The Labute approximate surface area is 198 Å². The predicted octanol–water partition coefficient (Wildman–Crippen LogP) is 5.32. The smallest absolute Gasteiger partial charge is 0.316 e. The summed E-state index contributed by atoms with van der Waals surface area (Å²) in [7, 11) is 4.06. The summed E-state index contributed by atoms with van der Waals surface area (Å²) in [4.78, 5) is 10.8. The van der Waals surface area contributed by atoms with Crippen LogP contribution in [-0.4, -0.2) is 37.3 Å². The summed E-state index contributed by atoms with van der Waals surface area (Å²) in [6.45, 7) is 4.27. The number of aromatic nitrogens is 3. The molecule has 0 aliphatic heterocycles. The summed E-state index contributed by atoms with van der Waals surface area (Å²) in [6.07, 6.45) is 15.3. The fraction of sp³-hybridized carbons (Fsp3) is 0.444. The van der Waals surface area contributed by atoms with E-state index in [0.29, 0.717) is 12.6 Å². The van der Waals surface area contributed by atoms with Crippen LogP contribution < -0.4 is 18.9 Å². The molecule has 2 aromatic heterocycles. The van der Waals surface area contributed by atoms with Gasteiger partial charge in [0.2, 0.25) is 0 Å². The zero-order valence-corrected chi connectivity index (χ0v) is 20.2. The van der Waals surface area contributed by atoms with Gasteiger partial charge in [0.05, 0.1) is 6.61 Å². The molecular formula is C27H37N4O2+. The Morgan fingerprint density at radius 3 is 2.09 bits per heavy atom. The molecule has 6 heteroatoms. The maximum Gasteiger partial charge on any atom is 0.316 e. The molecule has 0 spiro atoms. The van der Waals surface area contributed by atoms with Gasteiger partial charge in [-0.05, 0) is 24.1 Å². The highest BCUT2D eigenvalue weighted by molar-refractivity contribution is 5.62. The fourth-order valence-electron chi connectivity index (χ4n) is 3.49. The van der Waals surface area contributed by atoms with Crippen molar-refractivity contribution in [2.75, 3.05) is 32.2 Å². The van der Waals surface area contributed by atoms with Crippen LogP contribution in [0.4, 0.5) is 5.69 Å². The van der Waals surface area contributed by atoms with E-state index in [1.54, 1.807) is 12.4 Å². The van der Waals surface area contributed by atoms with Gasteiger partial charge >= 0.3 is 6.01 Å². The minimum Gasteiger partial charge on any atom is -0.494 e. The lowest BCUT2D eigenvalue weighted by Crippen LogP contribution is -2.36. The van der Waals surface area contributed by atoms with Crippen LogP contribution >= 0.6 is 0 Å². The largest absolute Gasteiger partial charge is 0.494 e. The van der Waals surface area contributed by atoms with Crippen molar-refractivity contribution >= 4 is 5.69 Å². The number of benzene rings is 1. The first-order valence-corrected chi connectivity index (χ1v) is 12.0. The Bertz CT molecular complexity index is 926. The average Bonchev–Trinajstić information content (AvgIpc) is 2.85. The van der Waals surface area contributed by atoms with Gasteiger partial charge in [-0.3, -0.25) is 0 Å². The first kappa shape index (κ1) is 24.5. The number of nitrogens with zero attached hydrogens (tertiary/aromatic N) is 4. The number of hydrogen-bond donors (Lipinski definition) is 0. The molecule has 0 bridgehead atoms. The van der Waals surface area contributed by atoms with Crippen molar-refractivity contribution in [1.82, 2.24) is 9.97 Å². The lowest BCUT2D eigenvalue weighted by atomic mass is 10.1. The second-order valence-corrected chi connectivity index (χ2v) is 8.43. The van der Waals surface area contributed by atoms with Gasteiger partial charge in [-0.2, -0.15) is 0 Å². The molecule has 1 aromatic carbocycles. The Hall–Kier alpha value is -3.15. The van der Waals surface area contributed by atoms with Gasteiger partial charge in [0, 0.05) is 49.9 Å². The third-order valence-electron chi connectivity index (χ3n) is 5.55. The minimum absolute atomic E-state index is 0.392. The highest BCUT2D eigenvalue weighted by Gasteiger charge is 2.06. The average molecular weight is 450 g/mol. The number of unbranched alkanes of at least 4 members (excludes halogenated alkanes) is 5.